The summed E-state index contributed by atoms with van der Waals surface area (Å²) >= 11 is 7.58. The molecule has 0 bridgehead atoms. The van der Waals surface area contributed by atoms with Crippen molar-refractivity contribution < 1.29 is 13.2 Å². The number of anilines is 1. The molecule has 0 aliphatic heterocycles. The number of hydrogen-bond donors (Lipinski definition) is 0. The Morgan fingerprint density at radius 3 is 2.39 bits per heavy atom. The summed E-state index contributed by atoms with van der Waals surface area (Å²) < 4.78 is 24.5. The van der Waals surface area contributed by atoms with Crippen LogP contribution in [0.4, 0.5) is 5.13 Å². The van der Waals surface area contributed by atoms with Crippen molar-refractivity contribution in [2.45, 2.75) is 18.7 Å². The molecular formula is C21H25Cl2N3O3S2. The van der Waals surface area contributed by atoms with Gasteiger partial charge in [-0.15, -0.1) is 12.4 Å². The van der Waals surface area contributed by atoms with Crippen molar-refractivity contribution in [1.82, 2.24) is 9.88 Å². The number of aromatic nitrogens is 1. The molecule has 0 atom stereocenters. The number of halogens is 2. The van der Waals surface area contributed by atoms with Crippen LogP contribution in [0.5, 0.6) is 0 Å². The van der Waals surface area contributed by atoms with E-state index in [9.17, 15) is 13.2 Å². The van der Waals surface area contributed by atoms with Gasteiger partial charge in [0.15, 0.2) is 15.0 Å². The third-order valence-electron chi connectivity index (χ3n) is 4.89. The predicted octanol–water partition coefficient (Wildman–Crippen LogP) is 4.76. The van der Waals surface area contributed by atoms with Crippen molar-refractivity contribution in [2.24, 2.45) is 0 Å². The second kappa shape index (κ2) is 10.7. The first kappa shape index (κ1) is 25.5. The van der Waals surface area contributed by atoms with Crippen molar-refractivity contribution in [1.29, 1.82) is 0 Å². The molecule has 3 rings (SSSR count). The number of rotatable bonds is 8. The number of carbonyl (C=O) groups excluding carboxylic acids is 1. The number of thiazole rings is 1. The number of fused-ring (bicyclic) bond motifs is 1. The van der Waals surface area contributed by atoms with Crippen molar-refractivity contribution in [3.05, 3.63) is 53.1 Å². The molecule has 1 heterocycles. The molecular weight excluding hydrogens is 477 g/mol. The molecule has 1 aromatic heterocycles. The van der Waals surface area contributed by atoms with Gasteiger partial charge in [-0.25, -0.2) is 13.4 Å². The maximum Gasteiger partial charge on any atom is 0.261 e. The highest BCUT2D eigenvalue weighted by atomic mass is 35.5. The molecule has 0 fully saturated rings. The normalized spacial score (nSPS) is 11.5. The molecule has 3 aromatic rings. The average Bonchev–Trinajstić information content (AvgIpc) is 3.13. The van der Waals surface area contributed by atoms with Gasteiger partial charge in [-0.2, -0.15) is 0 Å². The summed E-state index contributed by atoms with van der Waals surface area (Å²) in [7, 11) is -3.32. The van der Waals surface area contributed by atoms with Crippen LogP contribution in [0.25, 0.3) is 10.2 Å². The Bertz CT molecular complexity index is 1160. The second-order valence-corrected chi connectivity index (χ2v) is 10.3. The number of nitrogens with zero attached hydrogens (tertiary/aromatic N) is 3. The second-order valence-electron chi connectivity index (χ2n) is 6.86. The van der Waals surface area contributed by atoms with Crippen LogP contribution in [0.2, 0.25) is 5.02 Å². The summed E-state index contributed by atoms with van der Waals surface area (Å²) in [4.78, 5) is 22.0. The Labute approximate surface area is 198 Å². The van der Waals surface area contributed by atoms with Gasteiger partial charge in [-0.05, 0) is 43.4 Å². The lowest BCUT2D eigenvalue weighted by molar-refractivity contribution is 0.0984. The molecule has 31 heavy (non-hydrogen) atoms. The molecule has 2 aromatic carbocycles. The molecule has 0 saturated carbocycles. The van der Waals surface area contributed by atoms with Crippen LogP contribution in [-0.4, -0.2) is 56.6 Å². The van der Waals surface area contributed by atoms with E-state index in [1.54, 1.807) is 41.3 Å². The first-order valence-electron chi connectivity index (χ1n) is 9.64. The van der Waals surface area contributed by atoms with Gasteiger partial charge in [0.2, 0.25) is 0 Å². The average molecular weight is 502 g/mol. The van der Waals surface area contributed by atoms with E-state index in [0.29, 0.717) is 39.0 Å². The highest BCUT2D eigenvalue weighted by Crippen LogP contribution is 2.32. The molecule has 0 radical (unpaired) electrons. The van der Waals surface area contributed by atoms with E-state index in [2.05, 4.69) is 23.7 Å². The van der Waals surface area contributed by atoms with Gasteiger partial charge in [-0.1, -0.05) is 48.9 Å². The standard InChI is InChI=1S/C21H24ClN3O3S2.ClH/c1-4-24(5-2)12-13-25(20(26)16-8-6-7-9-17(16)22)21-23-18-11-10-15(30(3,27)28)14-19(18)29-21;/h6-11,14H,4-5,12-13H2,1-3H3;1H. The van der Waals surface area contributed by atoms with Crippen LogP contribution in [0, 0.1) is 0 Å². The third-order valence-corrected chi connectivity index (χ3v) is 7.37. The zero-order valence-electron chi connectivity index (χ0n) is 17.5. The van der Waals surface area contributed by atoms with Gasteiger partial charge in [0.1, 0.15) is 0 Å². The van der Waals surface area contributed by atoms with E-state index in [-0.39, 0.29) is 23.2 Å². The lowest BCUT2D eigenvalue weighted by Crippen LogP contribution is -2.39. The Balaban J connectivity index is 0.00000341. The van der Waals surface area contributed by atoms with Crippen LogP contribution in [0.15, 0.2) is 47.4 Å². The van der Waals surface area contributed by atoms with Gasteiger partial charge in [0.05, 0.1) is 25.7 Å². The van der Waals surface area contributed by atoms with E-state index >= 15 is 0 Å². The Hall–Kier alpha value is -1.71. The van der Waals surface area contributed by atoms with Crippen molar-refractivity contribution in [3.63, 3.8) is 0 Å². The number of carbonyl (C=O) groups is 1. The van der Waals surface area contributed by atoms with Gasteiger partial charge in [0.25, 0.3) is 5.91 Å². The summed E-state index contributed by atoms with van der Waals surface area (Å²) in [5.41, 5.74) is 1.07. The molecule has 0 aliphatic rings. The molecule has 1 amide bonds. The maximum atomic E-state index is 13.4. The van der Waals surface area contributed by atoms with Crippen LogP contribution >= 0.6 is 35.3 Å². The SMILES string of the molecule is CCN(CC)CCN(C(=O)c1ccccc1Cl)c1nc2ccc(S(C)(=O)=O)cc2s1.Cl. The summed E-state index contributed by atoms with van der Waals surface area (Å²) in [5, 5.41) is 0.906. The van der Waals surface area contributed by atoms with E-state index < -0.39 is 9.84 Å². The third kappa shape index (κ3) is 5.96. The fraction of sp³-hybridized carbons (Fsp3) is 0.333. The Kier molecular flexibility index (Phi) is 8.85. The summed E-state index contributed by atoms with van der Waals surface area (Å²) in [6.07, 6.45) is 1.17. The zero-order valence-corrected chi connectivity index (χ0v) is 20.7. The molecule has 10 heteroatoms. The molecule has 0 saturated heterocycles. The maximum absolute atomic E-state index is 13.4. The molecule has 0 unspecified atom stereocenters. The molecule has 0 N–H and O–H groups in total. The van der Waals surface area contributed by atoms with Gasteiger partial charge in [-0.3, -0.25) is 9.69 Å². The number of benzene rings is 2. The summed E-state index contributed by atoms with van der Waals surface area (Å²) in [6.45, 7) is 7.05. The van der Waals surface area contributed by atoms with Crippen LogP contribution in [-0.2, 0) is 9.84 Å². The minimum atomic E-state index is -3.32. The predicted molar refractivity (Wildman–Crippen MR) is 131 cm³/mol. The highest BCUT2D eigenvalue weighted by molar-refractivity contribution is 7.90. The minimum absolute atomic E-state index is 0. The van der Waals surface area contributed by atoms with Crippen LogP contribution < -0.4 is 4.90 Å². The first-order valence-corrected chi connectivity index (χ1v) is 12.7. The highest BCUT2D eigenvalue weighted by Gasteiger charge is 2.24. The molecule has 168 valence electrons. The van der Waals surface area contributed by atoms with E-state index in [1.165, 1.54) is 23.7 Å². The largest absolute Gasteiger partial charge is 0.302 e. The molecule has 0 spiro atoms. The molecule has 0 aliphatic carbocycles. The fourth-order valence-corrected chi connectivity index (χ4v) is 5.05. The lowest BCUT2D eigenvalue weighted by Gasteiger charge is -2.25. The number of sulfone groups is 1. The number of hydrogen-bond acceptors (Lipinski definition) is 6. The monoisotopic (exact) mass is 501 g/mol. The Morgan fingerprint density at radius 2 is 1.77 bits per heavy atom. The minimum Gasteiger partial charge on any atom is -0.302 e. The van der Waals surface area contributed by atoms with Crippen molar-refractivity contribution >= 4 is 66.4 Å². The van der Waals surface area contributed by atoms with Crippen LogP contribution in [0.3, 0.4) is 0 Å². The topological polar surface area (TPSA) is 70.6 Å². The first-order chi connectivity index (χ1) is 14.2. The fourth-order valence-electron chi connectivity index (χ4n) is 3.08. The van der Waals surface area contributed by atoms with Gasteiger partial charge >= 0.3 is 0 Å². The smallest absolute Gasteiger partial charge is 0.261 e. The Morgan fingerprint density at radius 1 is 1.10 bits per heavy atom. The summed E-state index contributed by atoms with van der Waals surface area (Å²) in [6, 6.07) is 11.8. The van der Waals surface area contributed by atoms with Crippen molar-refractivity contribution in [2.75, 3.05) is 37.3 Å². The summed E-state index contributed by atoms with van der Waals surface area (Å²) in [5.74, 6) is -0.227. The number of amides is 1. The van der Waals surface area contributed by atoms with E-state index in [1.807, 2.05) is 0 Å². The quantitative estimate of drug-likeness (QED) is 0.444. The van der Waals surface area contributed by atoms with Crippen molar-refractivity contribution in [3.8, 4) is 0 Å². The van der Waals surface area contributed by atoms with Crippen LogP contribution in [0.1, 0.15) is 24.2 Å². The van der Waals surface area contributed by atoms with E-state index in [0.717, 1.165) is 13.1 Å². The lowest BCUT2D eigenvalue weighted by atomic mass is 10.2. The number of likely N-dealkylation sites (N-methyl/N-ethyl adjacent to an activating group) is 1. The van der Waals surface area contributed by atoms with E-state index in [4.69, 9.17) is 11.6 Å². The van der Waals surface area contributed by atoms with Gasteiger partial charge in [0, 0.05) is 19.3 Å². The zero-order chi connectivity index (χ0) is 21.9. The molecule has 6 nitrogen and oxygen atoms in total. The van der Waals surface area contributed by atoms with Gasteiger partial charge < -0.3 is 4.90 Å².